The Hall–Kier alpha value is -2.53. The first kappa shape index (κ1) is 18.8. The number of nitrogens with two attached hydrogens (primary N) is 1. The molecule has 0 radical (unpaired) electrons. The second-order valence-corrected chi connectivity index (χ2v) is 8.06. The van der Waals surface area contributed by atoms with Crippen molar-refractivity contribution in [3.63, 3.8) is 0 Å². The fraction of sp³-hybridized carbons (Fsp3) is 0.435. The lowest BCUT2D eigenvalue weighted by Gasteiger charge is -2.28. The van der Waals surface area contributed by atoms with Gasteiger partial charge in [-0.15, -0.1) is 0 Å². The van der Waals surface area contributed by atoms with E-state index in [4.69, 9.17) is 5.73 Å². The average molecular weight is 379 g/mol. The van der Waals surface area contributed by atoms with Crippen LogP contribution in [-0.4, -0.2) is 47.4 Å². The maximum Gasteiger partial charge on any atom is 0.253 e. The summed E-state index contributed by atoms with van der Waals surface area (Å²) in [6.07, 6.45) is 3.67. The van der Waals surface area contributed by atoms with Gasteiger partial charge in [0.05, 0.1) is 11.4 Å². The maximum atomic E-state index is 12.9. The number of nitrogens with zero attached hydrogens (tertiary/aromatic N) is 2. The maximum absolute atomic E-state index is 12.9. The first-order chi connectivity index (χ1) is 13.6. The van der Waals surface area contributed by atoms with Crippen LogP contribution in [0.1, 0.15) is 42.1 Å². The van der Waals surface area contributed by atoms with Crippen molar-refractivity contribution in [2.45, 2.75) is 44.8 Å². The summed E-state index contributed by atoms with van der Waals surface area (Å²) in [7, 11) is 0. The summed E-state index contributed by atoms with van der Waals surface area (Å²) in [6, 6.07) is 16.9. The highest BCUT2D eigenvalue weighted by atomic mass is 16.2. The van der Waals surface area contributed by atoms with E-state index >= 15 is 0 Å². The van der Waals surface area contributed by atoms with Crippen molar-refractivity contribution in [3.8, 4) is 0 Å². The number of carbonyl (C=O) groups is 1. The van der Waals surface area contributed by atoms with E-state index in [9.17, 15) is 4.79 Å². The highest BCUT2D eigenvalue weighted by molar-refractivity contribution is 5.94. The zero-order valence-electron chi connectivity index (χ0n) is 16.6. The third-order valence-electron chi connectivity index (χ3n) is 6.17. The number of hydrogen-bond acceptors (Lipinski definition) is 4. The Morgan fingerprint density at radius 1 is 1.11 bits per heavy atom. The lowest BCUT2D eigenvalue weighted by Crippen LogP contribution is -2.40. The van der Waals surface area contributed by atoms with Crippen molar-refractivity contribution in [1.82, 2.24) is 9.80 Å². The number of para-hydroxylation sites is 2. The molecular formula is C23H30N4O. The molecule has 0 aromatic heterocycles. The lowest BCUT2D eigenvalue weighted by atomic mass is 10.1. The molecule has 0 saturated carbocycles. The van der Waals surface area contributed by atoms with E-state index in [-0.39, 0.29) is 5.91 Å². The molecule has 0 unspecified atom stereocenters. The second kappa shape index (κ2) is 8.23. The topological polar surface area (TPSA) is 61.6 Å². The number of nitrogens with one attached hydrogen (secondary N) is 1. The number of rotatable bonds is 5. The average Bonchev–Trinajstić information content (AvgIpc) is 3.36. The van der Waals surface area contributed by atoms with Gasteiger partial charge >= 0.3 is 0 Å². The molecule has 2 saturated heterocycles. The predicted molar refractivity (Wildman–Crippen MR) is 114 cm³/mol. The molecule has 5 nitrogen and oxygen atoms in total. The molecule has 4 rings (SSSR count). The summed E-state index contributed by atoms with van der Waals surface area (Å²) in [5.41, 5.74) is 9.55. The third kappa shape index (κ3) is 3.99. The Kier molecular flexibility index (Phi) is 5.53. The van der Waals surface area contributed by atoms with Crippen LogP contribution in [0.3, 0.4) is 0 Å². The van der Waals surface area contributed by atoms with Crippen LogP contribution in [0.2, 0.25) is 0 Å². The van der Waals surface area contributed by atoms with Crippen molar-refractivity contribution in [2.75, 3.05) is 30.7 Å². The van der Waals surface area contributed by atoms with E-state index in [2.05, 4.69) is 17.1 Å². The molecule has 28 heavy (non-hydrogen) atoms. The summed E-state index contributed by atoms with van der Waals surface area (Å²) >= 11 is 0. The lowest BCUT2D eigenvalue weighted by molar-refractivity contribution is 0.0774. The molecule has 0 bridgehead atoms. The fourth-order valence-electron chi connectivity index (χ4n) is 4.50. The summed E-state index contributed by atoms with van der Waals surface area (Å²) < 4.78 is 0. The van der Waals surface area contributed by atoms with Crippen LogP contribution >= 0.6 is 0 Å². The molecule has 2 aromatic carbocycles. The van der Waals surface area contributed by atoms with E-state index in [0.29, 0.717) is 18.6 Å². The van der Waals surface area contributed by atoms with Crippen molar-refractivity contribution in [2.24, 2.45) is 0 Å². The van der Waals surface area contributed by atoms with Gasteiger partial charge in [-0.1, -0.05) is 24.3 Å². The van der Waals surface area contributed by atoms with Gasteiger partial charge in [-0.2, -0.15) is 0 Å². The first-order valence-electron chi connectivity index (χ1n) is 10.3. The van der Waals surface area contributed by atoms with Gasteiger partial charge in [-0.05, 0) is 62.6 Å². The predicted octanol–water partition coefficient (Wildman–Crippen LogP) is 3.58. The number of carbonyl (C=O) groups excluding carboxylic acids is 1. The zero-order valence-corrected chi connectivity index (χ0v) is 16.6. The molecule has 5 heteroatoms. The van der Waals surface area contributed by atoms with Crippen LogP contribution in [0.25, 0.3) is 0 Å². The Labute approximate surface area is 167 Å². The molecule has 2 fully saturated rings. The van der Waals surface area contributed by atoms with Crippen LogP contribution in [0, 0.1) is 0 Å². The van der Waals surface area contributed by atoms with Crippen molar-refractivity contribution in [1.29, 1.82) is 0 Å². The molecule has 1 amide bonds. The summed E-state index contributed by atoms with van der Waals surface area (Å²) in [5, 5.41) is 3.35. The summed E-state index contributed by atoms with van der Waals surface area (Å²) in [5.74, 6) is 0.154. The SMILES string of the molecule is C[C@H]1CCCN1[C@@H]1CCN(C(=O)c2ccc(CNc3ccccc3N)cc2)C1. The van der Waals surface area contributed by atoms with Gasteiger partial charge in [0.1, 0.15) is 0 Å². The van der Waals surface area contributed by atoms with Crippen LogP contribution in [-0.2, 0) is 6.54 Å². The molecule has 2 heterocycles. The minimum absolute atomic E-state index is 0.154. The Balaban J connectivity index is 1.33. The van der Waals surface area contributed by atoms with Crippen LogP contribution in [0.4, 0.5) is 11.4 Å². The standard InChI is InChI=1S/C23H30N4O/c1-17-5-4-13-27(17)20-12-14-26(16-20)23(28)19-10-8-18(9-11-19)15-25-22-7-3-2-6-21(22)24/h2-3,6-11,17,20,25H,4-5,12-16,24H2,1H3/t17-,20+/m0/s1. The largest absolute Gasteiger partial charge is 0.397 e. The van der Waals surface area contributed by atoms with Gasteiger partial charge in [0, 0.05) is 37.3 Å². The van der Waals surface area contributed by atoms with Gasteiger partial charge in [0.25, 0.3) is 5.91 Å². The smallest absolute Gasteiger partial charge is 0.253 e. The fourth-order valence-corrected chi connectivity index (χ4v) is 4.50. The van der Waals surface area contributed by atoms with Crippen LogP contribution in [0.5, 0.6) is 0 Å². The Morgan fingerprint density at radius 3 is 2.61 bits per heavy atom. The van der Waals surface area contributed by atoms with Gasteiger partial charge in [0.15, 0.2) is 0 Å². The van der Waals surface area contributed by atoms with E-state index in [0.717, 1.165) is 42.0 Å². The number of hydrogen-bond donors (Lipinski definition) is 2. The number of nitrogen functional groups attached to an aromatic ring is 1. The van der Waals surface area contributed by atoms with Crippen LogP contribution < -0.4 is 11.1 Å². The Morgan fingerprint density at radius 2 is 1.89 bits per heavy atom. The van der Waals surface area contributed by atoms with Gasteiger partial charge in [-0.3, -0.25) is 9.69 Å². The van der Waals surface area contributed by atoms with E-state index in [1.54, 1.807) is 0 Å². The number of likely N-dealkylation sites (tertiary alicyclic amines) is 2. The van der Waals surface area contributed by atoms with E-state index in [1.165, 1.54) is 19.4 Å². The van der Waals surface area contributed by atoms with Crippen molar-refractivity contribution >= 4 is 17.3 Å². The Bertz CT molecular complexity index is 820. The highest BCUT2D eigenvalue weighted by Gasteiger charge is 2.34. The molecule has 2 atom stereocenters. The minimum atomic E-state index is 0.154. The molecule has 2 aromatic rings. The molecule has 2 aliphatic rings. The molecule has 148 valence electrons. The van der Waals surface area contributed by atoms with Crippen LogP contribution in [0.15, 0.2) is 48.5 Å². The second-order valence-electron chi connectivity index (χ2n) is 8.06. The molecule has 2 aliphatic heterocycles. The molecule has 0 aliphatic carbocycles. The van der Waals surface area contributed by atoms with E-state index < -0.39 is 0 Å². The minimum Gasteiger partial charge on any atom is -0.397 e. The quantitative estimate of drug-likeness (QED) is 0.781. The summed E-state index contributed by atoms with van der Waals surface area (Å²) in [4.78, 5) is 17.5. The summed E-state index contributed by atoms with van der Waals surface area (Å²) in [6.45, 7) is 5.90. The monoisotopic (exact) mass is 378 g/mol. The van der Waals surface area contributed by atoms with Gasteiger partial charge < -0.3 is 16.0 Å². The number of anilines is 2. The first-order valence-corrected chi connectivity index (χ1v) is 10.3. The highest BCUT2D eigenvalue weighted by Crippen LogP contribution is 2.26. The van der Waals surface area contributed by atoms with E-state index in [1.807, 2.05) is 53.4 Å². The van der Waals surface area contributed by atoms with Crippen molar-refractivity contribution < 1.29 is 4.79 Å². The van der Waals surface area contributed by atoms with Crippen molar-refractivity contribution in [3.05, 3.63) is 59.7 Å². The molecular weight excluding hydrogens is 348 g/mol. The zero-order chi connectivity index (χ0) is 19.5. The molecule has 3 N–H and O–H groups in total. The molecule has 0 spiro atoms. The number of amides is 1. The van der Waals surface area contributed by atoms with Gasteiger partial charge in [-0.25, -0.2) is 0 Å². The normalized spacial score (nSPS) is 22.5. The third-order valence-corrected chi connectivity index (χ3v) is 6.17. The van der Waals surface area contributed by atoms with Gasteiger partial charge in [0.2, 0.25) is 0 Å². The number of benzene rings is 2.